The Morgan fingerprint density at radius 2 is 1.74 bits per heavy atom. The van der Waals surface area contributed by atoms with E-state index in [1.807, 2.05) is 24.0 Å². The summed E-state index contributed by atoms with van der Waals surface area (Å²) in [6.45, 7) is 7.25. The molecule has 1 aliphatic heterocycles. The van der Waals surface area contributed by atoms with Crippen LogP contribution in [0.25, 0.3) is 33.1 Å². The van der Waals surface area contributed by atoms with Crippen molar-refractivity contribution in [3.8, 4) is 11.3 Å². The molecule has 0 saturated carbocycles. The Bertz CT molecular complexity index is 1560. The Morgan fingerprint density at radius 1 is 0.914 bits per heavy atom. The minimum absolute atomic E-state index is 0.681. The SMILES string of the molecule is Cc1c(C)n(C)c2cc(Nc3cc(-c4ccc5cnn(C)c5c4)nc(N4CCOCC4)n3)ccc12. The molecule has 1 N–H and O–H groups in total. The van der Waals surface area contributed by atoms with Gasteiger partial charge in [0.05, 0.1) is 36.1 Å². The Balaban J connectivity index is 1.43. The Kier molecular flexibility index (Phi) is 5.18. The Morgan fingerprint density at radius 3 is 2.57 bits per heavy atom. The van der Waals surface area contributed by atoms with Gasteiger partial charge in [0.25, 0.3) is 0 Å². The van der Waals surface area contributed by atoms with Crippen LogP contribution in [0.4, 0.5) is 17.5 Å². The second kappa shape index (κ2) is 8.39. The van der Waals surface area contributed by atoms with Crippen LogP contribution in [0, 0.1) is 13.8 Å². The number of nitrogens with one attached hydrogen (secondary N) is 1. The summed E-state index contributed by atoms with van der Waals surface area (Å²) in [4.78, 5) is 12.0. The van der Waals surface area contributed by atoms with E-state index in [0.29, 0.717) is 19.2 Å². The van der Waals surface area contributed by atoms with Crippen LogP contribution in [0.1, 0.15) is 11.3 Å². The van der Waals surface area contributed by atoms with Gasteiger partial charge in [-0.3, -0.25) is 4.68 Å². The van der Waals surface area contributed by atoms with Gasteiger partial charge in [-0.1, -0.05) is 18.2 Å². The number of anilines is 3. The van der Waals surface area contributed by atoms with Gasteiger partial charge in [-0.25, -0.2) is 4.98 Å². The number of aryl methyl sites for hydroxylation is 3. The molecule has 5 aromatic rings. The van der Waals surface area contributed by atoms with Crippen molar-refractivity contribution >= 4 is 39.3 Å². The molecule has 4 heterocycles. The van der Waals surface area contributed by atoms with Crippen molar-refractivity contribution in [2.45, 2.75) is 13.8 Å². The molecule has 8 heteroatoms. The zero-order valence-corrected chi connectivity index (χ0v) is 20.5. The number of nitrogens with zero attached hydrogens (tertiary/aromatic N) is 6. The summed E-state index contributed by atoms with van der Waals surface area (Å²) in [7, 11) is 4.07. The largest absolute Gasteiger partial charge is 0.378 e. The smallest absolute Gasteiger partial charge is 0.228 e. The summed E-state index contributed by atoms with van der Waals surface area (Å²) in [6.07, 6.45) is 1.88. The number of aromatic nitrogens is 5. The number of hydrogen-bond donors (Lipinski definition) is 1. The van der Waals surface area contributed by atoms with E-state index >= 15 is 0 Å². The third-order valence-electron chi connectivity index (χ3n) is 7.13. The molecule has 8 nitrogen and oxygen atoms in total. The number of benzene rings is 2. The average molecular weight is 468 g/mol. The van der Waals surface area contributed by atoms with Gasteiger partial charge in [0, 0.05) is 61.0 Å². The van der Waals surface area contributed by atoms with Crippen LogP contribution in [0.3, 0.4) is 0 Å². The molecule has 6 rings (SSSR count). The van der Waals surface area contributed by atoms with Gasteiger partial charge in [0.1, 0.15) is 5.82 Å². The van der Waals surface area contributed by atoms with Crippen LogP contribution >= 0.6 is 0 Å². The van der Waals surface area contributed by atoms with Crippen molar-refractivity contribution in [3.63, 3.8) is 0 Å². The lowest BCUT2D eigenvalue weighted by atomic mass is 10.1. The highest BCUT2D eigenvalue weighted by atomic mass is 16.5. The van der Waals surface area contributed by atoms with E-state index in [2.05, 4.69) is 77.2 Å². The molecule has 1 saturated heterocycles. The predicted molar refractivity (Wildman–Crippen MR) is 140 cm³/mol. The maximum absolute atomic E-state index is 5.55. The highest BCUT2D eigenvalue weighted by Gasteiger charge is 2.17. The van der Waals surface area contributed by atoms with Gasteiger partial charge in [-0.15, -0.1) is 0 Å². The van der Waals surface area contributed by atoms with Gasteiger partial charge >= 0.3 is 0 Å². The van der Waals surface area contributed by atoms with Crippen molar-refractivity contribution < 1.29 is 4.74 Å². The lowest BCUT2D eigenvalue weighted by Gasteiger charge is -2.27. The molecular weight excluding hydrogens is 438 g/mol. The van der Waals surface area contributed by atoms with E-state index in [-0.39, 0.29) is 0 Å². The molecular formula is C27H29N7O. The second-order valence-corrected chi connectivity index (χ2v) is 9.21. The van der Waals surface area contributed by atoms with E-state index in [9.17, 15) is 0 Å². The fraction of sp³-hybridized carbons (Fsp3) is 0.296. The number of ether oxygens (including phenoxy) is 1. The summed E-state index contributed by atoms with van der Waals surface area (Å²) in [5, 5.41) is 10.3. The summed E-state index contributed by atoms with van der Waals surface area (Å²) < 4.78 is 9.68. The molecule has 0 aliphatic carbocycles. The fourth-order valence-corrected chi connectivity index (χ4v) is 4.83. The Hall–Kier alpha value is -3.91. The summed E-state index contributed by atoms with van der Waals surface area (Å²) in [5.41, 5.74) is 7.78. The first kappa shape index (κ1) is 21.6. The second-order valence-electron chi connectivity index (χ2n) is 9.21. The van der Waals surface area contributed by atoms with Crippen molar-refractivity contribution in [3.05, 3.63) is 59.9 Å². The summed E-state index contributed by atoms with van der Waals surface area (Å²) >= 11 is 0. The molecule has 0 atom stereocenters. The minimum atomic E-state index is 0.681. The number of fused-ring (bicyclic) bond motifs is 2. The minimum Gasteiger partial charge on any atom is -0.378 e. The third-order valence-corrected chi connectivity index (χ3v) is 7.13. The topological polar surface area (TPSA) is 73.0 Å². The van der Waals surface area contributed by atoms with Gasteiger partial charge in [-0.05, 0) is 37.6 Å². The third kappa shape index (κ3) is 3.80. The van der Waals surface area contributed by atoms with Crippen LogP contribution in [-0.4, -0.2) is 50.6 Å². The highest BCUT2D eigenvalue weighted by molar-refractivity contribution is 5.89. The molecule has 1 aliphatic rings. The molecule has 0 radical (unpaired) electrons. The lowest BCUT2D eigenvalue weighted by Crippen LogP contribution is -2.37. The number of rotatable bonds is 4. The lowest BCUT2D eigenvalue weighted by molar-refractivity contribution is 0.122. The molecule has 3 aromatic heterocycles. The van der Waals surface area contributed by atoms with Gasteiger partial charge < -0.3 is 19.5 Å². The van der Waals surface area contributed by atoms with E-state index in [4.69, 9.17) is 14.7 Å². The van der Waals surface area contributed by atoms with E-state index < -0.39 is 0 Å². The van der Waals surface area contributed by atoms with Crippen LogP contribution in [0.2, 0.25) is 0 Å². The Labute approximate surface area is 204 Å². The highest BCUT2D eigenvalue weighted by Crippen LogP contribution is 2.30. The van der Waals surface area contributed by atoms with E-state index in [0.717, 1.165) is 46.8 Å². The molecule has 0 bridgehead atoms. The van der Waals surface area contributed by atoms with Crippen LogP contribution < -0.4 is 10.2 Å². The molecule has 0 spiro atoms. The van der Waals surface area contributed by atoms with Gasteiger partial charge in [-0.2, -0.15) is 10.1 Å². The molecule has 2 aromatic carbocycles. The van der Waals surface area contributed by atoms with Crippen LogP contribution in [0.5, 0.6) is 0 Å². The molecule has 0 amide bonds. The standard InChI is InChI=1S/C27H29N7O/c1-17-18(2)32(3)25-14-21(7-8-22(17)25)29-26-15-23(30-27(31-26)34-9-11-35-12-10-34)19-5-6-20-16-28-33(4)24(20)13-19/h5-8,13-16H,9-12H2,1-4H3,(H,29,30,31). The molecule has 178 valence electrons. The maximum Gasteiger partial charge on any atom is 0.228 e. The monoisotopic (exact) mass is 467 g/mol. The van der Waals surface area contributed by atoms with Crippen molar-refractivity contribution in [2.75, 3.05) is 36.5 Å². The van der Waals surface area contributed by atoms with Gasteiger partial charge in [0.15, 0.2) is 0 Å². The van der Waals surface area contributed by atoms with E-state index in [1.165, 1.54) is 22.2 Å². The number of morpholine rings is 1. The first-order valence-electron chi connectivity index (χ1n) is 11.9. The molecule has 1 fully saturated rings. The quantitative estimate of drug-likeness (QED) is 0.412. The molecule has 35 heavy (non-hydrogen) atoms. The predicted octanol–water partition coefficient (Wildman–Crippen LogP) is 4.72. The maximum atomic E-state index is 5.55. The van der Waals surface area contributed by atoms with Gasteiger partial charge in [0.2, 0.25) is 5.95 Å². The zero-order valence-electron chi connectivity index (χ0n) is 20.5. The van der Waals surface area contributed by atoms with E-state index in [1.54, 1.807) is 0 Å². The first-order valence-corrected chi connectivity index (χ1v) is 11.9. The summed E-state index contributed by atoms with van der Waals surface area (Å²) in [5.74, 6) is 1.48. The fourth-order valence-electron chi connectivity index (χ4n) is 4.83. The van der Waals surface area contributed by atoms with Crippen molar-refractivity contribution in [1.29, 1.82) is 0 Å². The number of hydrogen-bond acceptors (Lipinski definition) is 6. The summed E-state index contributed by atoms with van der Waals surface area (Å²) in [6, 6.07) is 14.8. The van der Waals surface area contributed by atoms with Crippen molar-refractivity contribution in [1.82, 2.24) is 24.3 Å². The normalized spacial score (nSPS) is 14.2. The average Bonchev–Trinajstić information content (AvgIpc) is 3.36. The first-order chi connectivity index (χ1) is 17.0. The van der Waals surface area contributed by atoms with Crippen LogP contribution in [-0.2, 0) is 18.8 Å². The zero-order chi connectivity index (χ0) is 24.1. The van der Waals surface area contributed by atoms with Crippen LogP contribution in [0.15, 0.2) is 48.7 Å². The van der Waals surface area contributed by atoms with Crippen molar-refractivity contribution in [2.24, 2.45) is 14.1 Å². The molecule has 0 unspecified atom stereocenters.